The normalized spacial score (nSPS) is 19.6. The highest BCUT2D eigenvalue weighted by Crippen LogP contribution is 2.37. The van der Waals surface area contributed by atoms with Crippen LogP contribution in [0.5, 0.6) is 0 Å². The average Bonchev–Trinajstić information content (AvgIpc) is 2.93. The fraction of sp³-hybridized carbons (Fsp3) is 0.464. The Morgan fingerprint density at radius 3 is 2.17 bits per heavy atom. The predicted molar refractivity (Wildman–Crippen MR) is 137 cm³/mol. The molecule has 2 saturated heterocycles. The van der Waals surface area contributed by atoms with Crippen LogP contribution in [-0.4, -0.2) is 64.4 Å². The molecule has 42 heavy (non-hydrogen) atoms. The number of nitrogens with zero attached hydrogens (tertiary/aromatic N) is 3. The summed E-state index contributed by atoms with van der Waals surface area (Å²) in [5, 5.41) is 0. The summed E-state index contributed by atoms with van der Waals surface area (Å²) in [6, 6.07) is 9.17. The number of hydrogen-bond acceptors (Lipinski definition) is 5. The minimum absolute atomic E-state index is 0.00931. The highest BCUT2D eigenvalue weighted by Gasteiger charge is 2.49. The van der Waals surface area contributed by atoms with E-state index in [4.69, 9.17) is 10.5 Å². The van der Waals surface area contributed by atoms with Crippen molar-refractivity contribution < 1.29 is 45.5 Å². The van der Waals surface area contributed by atoms with Crippen LogP contribution in [0.15, 0.2) is 48.5 Å². The van der Waals surface area contributed by atoms with Gasteiger partial charge in [-0.15, -0.1) is 0 Å². The molecule has 228 valence electrons. The summed E-state index contributed by atoms with van der Waals surface area (Å²) >= 11 is 0. The summed E-state index contributed by atoms with van der Waals surface area (Å²) in [7, 11) is 0. The van der Waals surface area contributed by atoms with Gasteiger partial charge in [-0.25, -0.2) is 4.79 Å². The fourth-order valence-electron chi connectivity index (χ4n) is 5.23. The Morgan fingerprint density at radius 1 is 0.929 bits per heavy atom. The number of halogens is 6. The number of carbonyl (C=O) groups is 3. The number of rotatable bonds is 8. The lowest BCUT2D eigenvalue weighted by Crippen LogP contribution is -2.71. The van der Waals surface area contributed by atoms with Crippen LogP contribution in [0, 0.1) is 0 Å². The third-order valence-electron chi connectivity index (χ3n) is 7.24. The number of unbranched alkanes of at least 4 members (excludes halogenated alkanes) is 1. The Balaban J connectivity index is 1.57. The maximum Gasteiger partial charge on any atom is 0.416 e. The predicted octanol–water partition coefficient (Wildman–Crippen LogP) is 4.76. The van der Waals surface area contributed by atoms with Gasteiger partial charge in [0.1, 0.15) is 18.8 Å². The van der Waals surface area contributed by atoms with Crippen LogP contribution >= 0.6 is 0 Å². The van der Waals surface area contributed by atoms with Crippen molar-refractivity contribution in [2.24, 2.45) is 5.73 Å². The Morgan fingerprint density at radius 2 is 1.57 bits per heavy atom. The molecule has 2 N–H and O–H groups in total. The molecule has 0 spiro atoms. The molecule has 0 saturated carbocycles. The van der Waals surface area contributed by atoms with Crippen molar-refractivity contribution in [1.82, 2.24) is 14.7 Å². The van der Waals surface area contributed by atoms with E-state index in [-0.39, 0.29) is 43.9 Å². The first-order valence-electron chi connectivity index (χ1n) is 13.3. The molecule has 0 aliphatic carbocycles. The lowest BCUT2D eigenvalue weighted by Gasteiger charge is -2.52. The van der Waals surface area contributed by atoms with Gasteiger partial charge in [-0.2, -0.15) is 26.3 Å². The van der Waals surface area contributed by atoms with Crippen LogP contribution < -0.4 is 5.73 Å². The van der Waals surface area contributed by atoms with Crippen molar-refractivity contribution in [2.75, 3.05) is 19.6 Å². The molecule has 4 rings (SSSR count). The maximum atomic E-state index is 13.5. The first-order valence-corrected chi connectivity index (χ1v) is 13.3. The lowest BCUT2D eigenvalue weighted by molar-refractivity contribution is -0.169. The number of hydrogen-bond donors (Lipinski definition) is 1. The molecule has 0 aromatic heterocycles. The van der Waals surface area contributed by atoms with Crippen molar-refractivity contribution in [2.45, 2.75) is 63.4 Å². The number of alkyl halides is 6. The van der Waals surface area contributed by atoms with Crippen LogP contribution in [0.2, 0.25) is 0 Å². The Hall–Kier alpha value is -3.81. The van der Waals surface area contributed by atoms with Crippen molar-refractivity contribution >= 4 is 17.9 Å². The second-order valence-corrected chi connectivity index (χ2v) is 10.2. The third kappa shape index (κ3) is 7.15. The number of nitrogens with two attached hydrogens (primary N) is 1. The van der Waals surface area contributed by atoms with Gasteiger partial charge in [-0.1, -0.05) is 30.3 Å². The van der Waals surface area contributed by atoms with Gasteiger partial charge in [0.05, 0.1) is 17.7 Å². The maximum absolute atomic E-state index is 13.5. The van der Waals surface area contributed by atoms with E-state index < -0.39 is 54.0 Å². The molecule has 2 aliphatic heterocycles. The molecular formula is C28H30F6N4O4. The van der Waals surface area contributed by atoms with Crippen molar-refractivity contribution in [3.8, 4) is 0 Å². The van der Waals surface area contributed by atoms with Crippen molar-refractivity contribution in [3.05, 3.63) is 70.8 Å². The van der Waals surface area contributed by atoms with E-state index in [2.05, 4.69) is 0 Å². The van der Waals surface area contributed by atoms with Crippen LogP contribution in [-0.2, 0) is 39.8 Å². The summed E-state index contributed by atoms with van der Waals surface area (Å²) in [4.78, 5) is 43.8. The largest absolute Gasteiger partial charge is 0.444 e. The van der Waals surface area contributed by atoms with Gasteiger partial charge >= 0.3 is 18.4 Å². The molecule has 14 heteroatoms. The van der Waals surface area contributed by atoms with Crippen molar-refractivity contribution in [3.63, 3.8) is 0 Å². The Bertz CT molecular complexity index is 1260. The van der Waals surface area contributed by atoms with E-state index in [0.29, 0.717) is 37.9 Å². The number of carbonyl (C=O) groups excluding carboxylic acids is 3. The molecular weight excluding hydrogens is 570 g/mol. The van der Waals surface area contributed by atoms with Gasteiger partial charge in [-0.05, 0) is 55.1 Å². The van der Waals surface area contributed by atoms with Gasteiger partial charge in [0.25, 0.3) is 0 Å². The summed E-state index contributed by atoms with van der Waals surface area (Å²) in [5.74, 6) is -0.637. The van der Waals surface area contributed by atoms with Gasteiger partial charge in [0, 0.05) is 19.5 Å². The zero-order chi connectivity index (χ0) is 30.7. The number of piperazine rings is 1. The molecule has 2 aromatic carbocycles. The minimum Gasteiger partial charge on any atom is -0.444 e. The molecule has 3 amide bonds. The zero-order valence-corrected chi connectivity index (χ0v) is 22.5. The molecule has 2 fully saturated rings. The monoisotopic (exact) mass is 600 g/mol. The zero-order valence-electron chi connectivity index (χ0n) is 22.5. The molecule has 8 nitrogen and oxygen atoms in total. The molecule has 2 atom stereocenters. The third-order valence-corrected chi connectivity index (χ3v) is 7.24. The van der Waals surface area contributed by atoms with Crippen molar-refractivity contribution in [1.29, 1.82) is 0 Å². The fourth-order valence-corrected chi connectivity index (χ4v) is 5.23. The Kier molecular flexibility index (Phi) is 9.34. The summed E-state index contributed by atoms with van der Waals surface area (Å²) < 4.78 is 84.8. The first kappa shape index (κ1) is 31.1. The number of amides is 3. The van der Waals surface area contributed by atoms with E-state index in [1.54, 1.807) is 12.1 Å². The second kappa shape index (κ2) is 12.6. The standard InChI is InChI=1S/C28H30F6N4O4/c29-27(30,31)20-12-19(13-21(14-20)28(32,33)34)17-42-26(41)37-11-9-24(39)38-22(8-4-5-10-35)25(40)36(16-23(37)38)15-18-6-2-1-3-7-18/h1-3,6-7,12-14,22-23H,4-5,8-11,15-17,35H2. The lowest BCUT2D eigenvalue weighted by atomic mass is 9.98. The first-order chi connectivity index (χ1) is 19.8. The smallest absolute Gasteiger partial charge is 0.416 e. The molecule has 2 aliphatic rings. The highest BCUT2D eigenvalue weighted by atomic mass is 19.4. The van der Waals surface area contributed by atoms with Crippen LogP contribution in [0.25, 0.3) is 0 Å². The van der Waals surface area contributed by atoms with Gasteiger partial charge in [0.15, 0.2) is 0 Å². The van der Waals surface area contributed by atoms with Crippen LogP contribution in [0.3, 0.4) is 0 Å². The SMILES string of the molecule is NCCCCC1C(=O)N(Cc2ccccc2)CC2N(C(=O)OCc3cc(C(F)(F)F)cc(C(F)(F)F)c3)CCC(=O)N12. The molecule has 0 bridgehead atoms. The Labute approximate surface area is 238 Å². The molecule has 2 unspecified atom stereocenters. The number of fused-ring (bicyclic) bond motifs is 1. The van der Waals surface area contributed by atoms with Gasteiger partial charge in [-0.3, -0.25) is 14.5 Å². The molecule has 0 radical (unpaired) electrons. The molecule has 2 heterocycles. The molecule has 2 aromatic rings. The number of ether oxygens (including phenoxy) is 1. The van der Waals surface area contributed by atoms with Gasteiger partial charge < -0.3 is 20.3 Å². The van der Waals surface area contributed by atoms with Crippen LogP contribution in [0.4, 0.5) is 31.1 Å². The minimum atomic E-state index is -5.05. The topological polar surface area (TPSA) is 96.2 Å². The summed E-state index contributed by atoms with van der Waals surface area (Å²) in [5.41, 5.74) is 2.87. The van der Waals surface area contributed by atoms with Crippen LogP contribution in [0.1, 0.15) is 47.9 Å². The number of benzene rings is 2. The average molecular weight is 601 g/mol. The quantitative estimate of drug-likeness (QED) is 0.348. The summed E-state index contributed by atoms with van der Waals surface area (Å²) in [6.45, 7) is -0.424. The van der Waals surface area contributed by atoms with Gasteiger partial charge in [0.2, 0.25) is 11.8 Å². The van der Waals surface area contributed by atoms with E-state index in [0.717, 1.165) is 5.56 Å². The van der Waals surface area contributed by atoms with E-state index in [1.807, 2.05) is 18.2 Å². The summed E-state index contributed by atoms with van der Waals surface area (Å²) in [6.07, 6.45) is -10.7. The van der Waals surface area contributed by atoms with E-state index in [9.17, 15) is 40.7 Å². The van der Waals surface area contributed by atoms with E-state index >= 15 is 0 Å². The van der Waals surface area contributed by atoms with E-state index in [1.165, 1.54) is 14.7 Å². The highest BCUT2D eigenvalue weighted by molar-refractivity contribution is 5.90. The second-order valence-electron chi connectivity index (χ2n) is 10.2.